The maximum absolute atomic E-state index is 11.4. The summed E-state index contributed by atoms with van der Waals surface area (Å²) in [4.78, 5) is 11.4. The fourth-order valence-corrected chi connectivity index (χ4v) is 1.94. The predicted molar refractivity (Wildman–Crippen MR) is 59.9 cm³/mol. The molecule has 0 aromatic carbocycles. The Kier molecular flexibility index (Phi) is 4.35. The summed E-state index contributed by atoms with van der Waals surface area (Å²) in [5, 5.41) is 2.77. The molecule has 2 unspecified atom stereocenters. The van der Waals surface area contributed by atoms with Gasteiger partial charge in [0.2, 0.25) is 0 Å². The van der Waals surface area contributed by atoms with Crippen molar-refractivity contribution >= 4 is 40.7 Å². The lowest BCUT2D eigenvalue weighted by molar-refractivity contribution is -0.121. The van der Waals surface area contributed by atoms with Crippen LogP contribution in [-0.4, -0.2) is 15.7 Å². The highest BCUT2D eigenvalue weighted by molar-refractivity contribution is 6.76. The number of halogens is 3. The number of alkyl halides is 3. The van der Waals surface area contributed by atoms with Crippen molar-refractivity contribution in [3.63, 3.8) is 0 Å². The zero-order valence-corrected chi connectivity index (χ0v) is 10.3. The fraction of sp³-hybridized carbons (Fsp3) is 0.889. The van der Waals surface area contributed by atoms with Crippen LogP contribution in [0.3, 0.4) is 0 Å². The molecular weight excluding hydrogens is 244 g/mol. The van der Waals surface area contributed by atoms with Crippen molar-refractivity contribution in [3.05, 3.63) is 0 Å². The van der Waals surface area contributed by atoms with Crippen molar-refractivity contribution in [3.8, 4) is 0 Å². The Morgan fingerprint density at radius 3 is 2.36 bits per heavy atom. The molecule has 2 atom stereocenters. The van der Waals surface area contributed by atoms with E-state index in [1.165, 1.54) is 6.42 Å². The summed E-state index contributed by atoms with van der Waals surface area (Å²) in [6, 6.07) is 0.159. The summed E-state index contributed by atoms with van der Waals surface area (Å²) >= 11 is 16.4. The highest BCUT2D eigenvalue weighted by Gasteiger charge is 2.33. The number of hydrogen-bond acceptors (Lipinski definition) is 1. The number of carbonyl (C=O) groups is 1. The van der Waals surface area contributed by atoms with Crippen LogP contribution in [0.4, 0.5) is 0 Å². The topological polar surface area (TPSA) is 29.1 Å². The number of carbonyl (C=O) groups excluding carboxylic acids is 1. The number of amides is 1. The Morgan fingerprint density at radius 2 is 1.86 bits per heavy atom. The standard InChI is InChI=1S/C9H14Cl3NO/c1-6-4-2-3-5-7(6)13-8(14)9(10,11)12/h6-7H,2-5H2,1H3,(H,13,14). The van der Waals surface area contributed by atoms with Crippen LogP contribution in [0.25, 0.3) is 0 Å². The predicted octanol–water partition coefficient (Wildman–Crippen LogP) is 3.05. The monoisotopic (exact) mass is 257 g/mol. The number of hydrogen-bond donors (Lipinski definition) is 1. The van der Waals surface area contributed by atoms with Gasteiger partial charge in [0, 0.05) is 6.04 Å². The first-order valence-corrected chi connectivity index (χ1v) is 5.92. The molecule has 0 aromatic heterocycles. The molecule has 0 bridgehead atoms. The molecule has 1 N–H and O–H groups in total. The van der Waals surface area contributed by atoms with Crippen molar-refractivity contribution in [2.75, 3.05) is 0 Å². The molecule has 2 nitrogen and oxygen atoms in total. The van der Waals surface area contributed by atoms with E-state index < -0.39 is 9.70 Å². The molecule has 1 saturated carbocycles. The van der Waals surface area contributed by atoms with E-state index in [-0.39, 0.29) is 6.04 Å². The summed E-state index contributed by atoms with van der Waals surface area (Å²) in [5.74, 6) is -0.0405. The molecule has 1 fully saturated rings. The Labute approximate surface area is 99.3 Å². The first-order valence-electron chi connectivity index (χ1n) is 4.79. The number of rotatable bonds is 1. The van der Waals surface area contributed by atoms with E-state index in [0.717, 1.165) is 19.3 Å². The first-order chi connectivity index (χ1) is 6.41. The van der Waals surface area contributed by atoms with Crippen LogP contribution < -0.4 is 5.32 Å². The second-order valence-corrected chi connectivity index (χ2v) is 6.12. The van der Waals surface area contributed by atoms with E-state index >= 15 is 0 Å². The SMILES string of the molecule is CC1CCCCC1NC(=O)C(Cl)(Cl)Cl. The van der Waals surface area contributed by atoms with Gasteiger partial charge in [-0.1, -0.05) is 54.6 Å². The molecule has 14 heavy (non-hydrogen) atoms. The second kappa shape index (κ2) is 4.91. The average Bonchev–Trinajstić information content (AvgIpc) is 2.07. The van der Waals surface area contributed by atoms with Crippen LogP contribution in [0, 0.1) is 5.92 Å². The van der Waals surface area contributed by atoms with Crippen molar-refractivity contribution in [1.29, 1.82) is 0 Å². The quantitative estimate of drug-likeness (QED) is 0.720. The third-order valence-corrected chi connectivity index (χ3v) is 3.20. The van der Waals surface area contributed by atoms with E-state index in [2.05, 4.69) is 12.2 Å². The molecule has 0 aliphatic heterocycles. The van der Waals surface area contributed by atoms with Gasteiger partial charge < -0.3 is 5.32 Å². The van der Waals surface area contributed by atoms with Crippen LogP contribution in [0.5, 0.6) is 0 Å². The van der Waals surface area contributed by atoms with Crippen LogP contribution in [-0.2, 0) is 4.79 Å². The molecule has 0 saturated heterocycles. The molecule has 0 radical (unpaired) electrons. The zero-order chi connectivity index (χ0) is 10.8. The van der Waals surface area contributed by atoms with Gasteiger partial charge in [-0.25, -0.2) is 0 Å². The van der Waals surface area contributed by atoms with Crippen molar-refractivity contribution in [1.82, 2.24) is 5.32 Å². The summed E-state index contributed by atoms with van der Waals surface area (Å²) in [7, 11) is 0. The zero-order valence-electron chi connectivity index (χ0n) is 8.03. The summed E-state index contributed by atoms with van der Waals surface area (Å²) in [6.07, 6.45) is 4.47. The van der Waals surface area contributed by atoms with Crippen molar-refractivity contribution in [2.45, 2.75) is 42.4 Å². The average molecular weight is 259 g/mol. The van der Waals surface area contributed by atoms with E-state index in [0.29, 0.717) is 5.92 Å². The van der Waals surface area contributed by atoms with Gasteiger partial charge >= 0.3 is 0 Å². The smallest absolute Gasteiger partial charge is 0.272 e. The third-order valence-electron chi connectivity index (χ3n) is 2.69. The van der Waals surface area contributed by atoms with Crippen LogP contribution >= 0.6 is 34.8 Å². The minimum Gasteiger partial charge on any atom is -0.349 e. The van der Waals surface area contributed by atoms with Gasteiger partial charge in [0.25, 0.3) is 9.70 Å². The van der Waals surface area contributed by atoms with Gasteiger partial charge in [-0.15, -0.1) is 0 Å². The van der Waals surface area contributed by atoms with E-state index in [1.54, 1.807) is 0 Å². The lowest BCUT2D eigenvalue weighted by Crippen LogP contribution is -2.45. The molecule has 1 amide bonds. The Hall–Kier alpha value is 0.340. The molecular formula is C9H14Cl3NO. The first kappa shape index (κ1) is 12.4. The third kappa shape index (κ3) is 3.48. The Bertz CT molecular complexity index is 215. The largest absolute Gasteiger partial charge is 0.349 e. The maximum Gasteiger partial charge on any atom is 0.272 e. The molecule has 0 aromatic rings. The van der Waals surface area contributed by atoms with Crippen LogP contribution in [0.1, 0.15) is 32.6 Å². The summed E-state index contributed by atoms with van der Waals surface area (Å²) in [6.45, 7) is 2.11. The molecule has 1 rings (SSSR count). The molecule has 0 heterocycles. The van der Waals surface area contributed by atoms with Crippen LogP contribution in [0.2, 0.25) is 0 Å². The summed E-state index contributed by atoms with van der Waals surface area (Å²) < 4.78 is -1.84. The van der Waals surface area contributed by atoms with E-state index in [1.807, 2.05) is 0 Å². The van der Waals surface area contributed by atoms with E-state index in [9.17, 15) is 4.79 Å². The molecule has 1 aliphatic carbocycles. The Morgan fingerprint density at radius 1 is 1.29 bits per heavy atom. The van der Waals surface area contributed by atoms with E-state index in [4.69, 9.17) is 34.8 Å². The van der Waals surface area contributed by atoms with Gasteiger partial charge in [-0.3, -0.25) is 4.79 Å². The van der Waals surface area contributed by atoms with Crippen molar-refractivity contribution in [2.24, 2.45) is 5.92 Å². The maximum atomic E-state index is 11.4. The van der Waals surface area contributed by atoms with Gasteiger partial charge in [0.1, 0.15) is 0 Å². The molecule has 5 heteroatoms. The van der Waals surface area contributed by atoms with Gasteiger partial charge in [-0.05, 0) is 18.8 Å². The number of nitrogens with one attached hydrogen (secondary N) is 1. The minimum absolute atomic E-state index is 0.159. The van der Waals surface area contributed by atoms with Gasteiger partial charge in [0.15, 0.2) is 0 Å². The van der Waals surface area contributed by atoms with Crippen LogP contribution in [0.15, 0.2) is 0 Å². The lowest BCUT2D eigenvalue weighted by atomic mass is 9.86. The lowest BCUT2D eigenvalue weighted by Gasteiger charge is -2.30. The normalized spacial score (nSPS) is 28.6. The highest BCUT2D eigenvalue weighted by Crippen LogP contribution is 2.29. The fourth-order valence-electron chi connectivity index (χ4n) is 1.78. The van der Waals surface area contributed by atoms with Crippen molar-refractivity contribution < 1.29 is 4.79 Å². The Balaban J connectivity index is 2.46. The van der Waals surface area contributed by atoms with Gasteiger partial charge in [-0.2, -0.15) is 0 Å². The minimum atomic E-state index is -1.84. The summed E-state index contributed by atoms with van der Waals surface area (Å²) in [5.41, 5.74) is 0. The molecule has 1 aliphatic rings. The van der Waals surface area contributed by atoms with Gasteiger partial charge in [0.05, 0.1) is 0 Å². The molecule has 82 valence electrons. The second-order valence-electron chi connectivity index (χ2n) is 3.84. The molecule has 0 spiro atoms. The highest BCUT2D eigenvalue weighted by atomic mass is 35.6.